The molecule has 0 spiro atoms. The van der Waals surface area contributed by atoms with Crippen molar-refractivity contribution < 1.29 is 26.2 Å². The predicted molar refractivity (Wildman–Crippen MR) is 68.8 cm³/mol. The van der Waals surface area contributed by atoms with Crippen LogP contribution in [0, 0.1) is 6.08 Å². The molecule has 0 nitrogen and oxygen atoms in total. The van der Waals surface area contributed by atoms with E-state index < -0.39 is 0 Å². The van der Waals surface area contributed by atoms with Crippen molar-refractivity contribution >= 4 is 34.3 Å². The molecule has 0 aromatic heterocycles. The summed E-state index contributed by atoms with van der Waals surface area (Å²) < 4.78 is 0. The second-order valence-electron chi connectivity index (χ2n) is 2.66. The van der Waals surface area contributed by atoms with E-state index in [4.69, 9.17) is 0 Å². The van der Waals surface area contributed by atoms with Gasteiger partial charge in [-0.25, -0.2) is 11.6 Å². The van der Waals surface area contributed by atoms with Gasteiger partial charge in [0.1, 0.15) is 0 Å². The van der Waals surface area contributed by atoms with E-state index in [9.17, 15) is 0 Å². The zero-order valence-electron chi connectivity index (χ0n) is 9.17. The molecule has 0 saturated heterocycles. The molecular weight excluding hydrogens is 310 g/mol. The SMILES string of the molecule is CCCC1=CC[C-]=C1.C[SiH]C.Cl.Cl.[Zr]. The Hall–Kier alpha value is 1.16. The third kappa shape index (κ3) is 15.6. The van der Waals surface area contributed by atoms with Gasteiger partial charge in [0.2, 0.25) is 0 Å². The number of hydrogen-bond acceptors (Lipinski definition) is 0. The summed E-state index contributed by atoms with van der Waals surface area (Å²) in [6.07, 6.45) is 11.0. The monoisotopic (exact) mass is 328 g/mol. The molecule has 83 valence electrons. The Bertz CT molecular complexity index is 147. The summed E-state index contributed by atoms with van der Waals surface area (Å²) in [5.74, 6) is 0. The molecule has 0 heterocycles. The average molecular weight is 330 g/mol. The Morgan fingerprint density at radius 1 is 1.36 bits per heavy atom. The Morgan fingerprint density at radius 2 is 1.86 bits per heavy atom. The average Bonchev–Trinajstić information content (AvgIpc) is 2.42. The molecule has 4 heteroatoms. The minimum Gasteiger partial charge on any atom is -0.273 e. The van der Waals surface area contributed by atoms with Gasteiger partial charge in [-0.3, -0.25) is 6.08 Å². The van der Waals surface area contributed by atoms with Gasteiger partial charge >= 0.3 is 0 Å². The van der Waals surface area contributed by atoms with Crippen molar-refractivity contribution in [1.29, 1.82) is 0 Å². The molecule has 0 aliphatic heterocycles. The fourth-order valence-electron chi connectivity index (χ4n) is 0.902. The van der Waals surface area contributed by atoms with Gasteiger partial charge in [0.15, 0.2) is 0 Å². The number of allylic oxidation sites excluding steroid dienone is 4. The van der Waals surface area contributed by atoms with Gasteiger partial charge < -0.3 is 0 Å². The van der Waals surface area contributed by atoms with Crippen LogP contribution >= 0.6 is 24.8 Å². The number of rotatable bonds is 2. The van der Waals surface area contributed by atoms with Gasteiger partial charge in [0.25, 0.3) is 0 Å². The van der Waals surface area contributed by atoms with E-state index in [1.165, 1.54) is 18.4 Å². The smallest absolute Gasteiger partial charge is 0.0213 e. The maximum atomic E-state index is 3.14. The molecule has 14 heavy (non-hydrogen) atoms. The summed E-state index contributed by atoms with van der Waals surface area (Å²) in [5, 5.41) is 0. The second kappa shape index (κ2) is 19.7. The standard InChI is InChI=1S/C8H11.C2H7Si.2ClH.Zr/c1-2-5-8-6-3-4-7-8;1-3-2;;;/h6-7H,2-3,5H2,1H3;3H,1-2H3;2*1H;/q-1;;;;. The predicted octanol–water partition coefficient (Wildman–Crippen LogP) is 3.84. The molecule has 0 unspecified atom stereocenters. The van der Waals surface area contributed by atoms with E-state index in [0.29, 0.717) is 0 Å². The first-order valence-electron chi connectivity index (χ1n) is 4.34. The van der Waals surface area contributed by atoms with Crippen LogP contribution in [0.25, 0.3) is 0 Å². The number of halogens is 2. The van der Waals surface area contributed by atoms with E-state index in [0.717, 1.165) is 15.9 Å². The quantitative estimate of drug-likeness (QED) is 0.533. The fourth-order valence-corrected chi connectivity index (χ4v) is 0.902. The third-order valence-corrected chi connectivity index (χ3v) is 1.31. The van der Waals surface area contributed by atoms with E-state index in [1.807, 2.05) is 0 Å². The molecule has 1 radical (unpaired) electrons. The normalized spacial score (nSPS) is 10.9. The van der Waals surface area contributed by atoms with Gasteiger partial charge in [-0.15, -0.1) is 31.2 Å². The van der Waals surface area contributed by atoms with Gasteiger partial charge in [0.05, 0.1) is 0 Å². The van der Waals surface area contributed by atoms with E-state index in [-0.39, 0.29) is 51.0 Å². The molecule has 0 amide bonds. The van der Waals surface area contributed by atoms with Crippen LogP contribution in [0.1, 0.15) is 26.2 Å². The van der Waals surface area contributed by atoms with Crippen molar-refractivity contribution in [3.05, 3.63) is 23.8 Å². The van der Waals surface area contributed by atoms with Crippen LogP contribution in [0.4, 0.5) is 0 Å². The van der Waals surface area contributed by atoms with Crippen molar-refractivity contribution in [3.8, 4) is 0 Å². The first-order valence-corrected chi connectivity index (χ1v) is 6.65. The van der Waals surface area contributed by atoms with Crippen LogP contribution in [0.3, 0.4) is 0 Å². The molecule has 0 atom stereocenters. The molecule has 0 aromatic rings. The summed E-state index contributed by atoms with van der Waals surface area (Å²) in [6.45, 7) is 6.62. The van der Waals surface area contributed by atoms with Crippen molar-refractivity contribution in [1.82, 2.24) is 0 Å². The maximum absolute atomic E-state index is 3.14. The van der Waals surface area contributed by atoms with Gasteiger partial charge in [-0.2, -0.15) is 6.08 Å². The van der Waals surface area contributed by atoms with Gasteiger partial charge in [-0.1, -0.05) is 32.9 Å². The minimum absolute atomic E-state index is 0. The second-order valence-corrected chi connectivity index (χ2v) is 3.81. The molecule has 1 rings (SSSR count). The van der Waals surface area contributed by atoms with E-state index in [1.54, 1.807) is 0 Å². The minimum atomic E-state index is 0. The summed E-state index contributed by atoms with van der Waals surface area (Å²) in [7, 11) is 0.750. The van der Waals surface area contributed by atoms with Crippen LogP contribution in [-0.4, -0.2) is 9.52 Å². The Balaban J connectivity index is -0.0000000758. The first kappa shape index (κ1) is 24.4. The largest absolute Gasteiger partial charge is 0.273 e. The van der Waals surface area contributed by atoms with Crippen molar-refractivity contribution in [3.63, 3.8) is 0 Å². The van der Waals surface area contributed by atoms with Gasteiger partial charge in [-0.05, 0) is 0 Å². The summed E-state index contributed by atoms with van der Waals surface area (Å²) in [5.41, 5.74) is 1.47. The van der Waals surface area contributed by atoms with Crippen LogP contribution in [0.5, 0.6) is 0 Å². The Morgan fingerprint density at radius 3 is 2.14 bits per heavy atom. The van der Waals surface area contributed by atoms with Crippen molar-refractivity contribution in [2.75, 3.05) is 0 Å². The van der Waals surface area contributed by atoms with Crippen LogP contribution in [-0.2, 0) is 26.2 Å². The van der Waals surface area contributed by atoms with Crippen molar-refractivity contribution in [2.24, 2.45) is 0 Å². The molecule has 1 aliphatic rings. The maximum Gasteiger partial charge on any atom is 0.0213 e. The Labute approximate surface area is 123 Å². The third-order valence-electron chi connectivity index (χ3n) is 1.31. The zero-order valence-corrected chi connectivity index (χ0v) is 14.4. The first-order chi connectivity index (χ1) is 5.35. The van der Waals surface area contributed by atoms with Crippen LogP contribution < -0.4 is 0 Å². The number of hydrogen-bond donors (Lipinski definition) is 0. The van der Waals surface area contributed by atoms with Crippen LogP contribution in [0.15, 0.2) is 17.7 Å². The molecule has 0 bridgehead atoms. The van der Waals surface area contributed by atoms with Crippen molar-refractivity contribution in [2.45, 2.75) is 39.3 Å². The molecule has 0 saturated carbocycles. The van der Waals surface area contributed by atoms with Crippen LogP contribution in [0.2, 0.25) is 13.1 Å². The summed E-state index contributed by atoms with van der Waals surface area (Å²) in [4.78, 5) is 0. The van der Waals surface area contributed by atoms with E-state index in [2.05, 4.69) is 38.2 Å². The molecule has 0 aromatic carbocycles. The molecular formula is C10H20Cl2SiZr-. The molecule has 1 aliphatic carbocycles. The fraction of sp³-hybridized carbons (Fsp3) is 0.600. The van der Waals surface area contributed by atoms with E-state index >= 15 is 0 Å². The topological polar surface area (TPSA) is 0 Å². The summed E-state index contributed by atoms with van der Waals surface area (Å²) >= 11 is 0. The molecule has 0 N–H and O–H groups in total. The van der Waals surface area contributed by atoms with Gasteiger partial charge in [0, 0.05) is 35.7 Å². The zero-order chi connectivity index (χ0) is 8.53. The molecule has 0 fully saturated rings. The Kier molecular flexibility index (Phi) is 34.3. The summed E-state index contributed by atoms with van der Waals surface area (Å²) in [6, 6.07) is 0.